The summed E-state index contributed by atoms with van der Waals surface area (Å²) in [6.07, 6.45) is 12.2. The van der Waals surface area contributed by atoms with Crippen molar-refractivity contribution >= 4 is 26.0 Å². The number of rotatable bonds is 6. The number of benzene rings is 1. The van der Waals surface area contributed by atoms with Crippen LogP contribution in [0.1, 0.15) is 5.56 Å². The summed E-state index contributed by atoms with van der Waals surface area (Å²) in [6, 6.07) is 5.98. The van der Waals surface area contributed by atoms with Crippen LogP contribution in [0.25, 0.3) is 0 Å². The van der Waals surface area contributed by atoms with E-state index in [1.165, 1.54) is 0 Å². The van der Waals surface area contributed by atoms with Crippen LogP contribution in [0.3, 0.4) is 0 Å². The van der Waals surface area contributed by atoms with Crippen LogP contribution in [0, 0.1) is 18.8 Å². The highest BCUT2D eigenvalue weighted by Crippen LogP contribution is 2.32. The van der Waals surface area contributed by atoms with Gasteiger partial charge in [0.25, 0.3) is 0 Å². The molecule has 3 atom stereocenters. The van der Waals surface area contributed by atoms with Crippen LogP contribution in [-0.2, 0) is 10.0 Å². The van der Waals surface area contributed by atoms with E-state index in [0.29, 0.717) is 0 Å². The Morgan fingerprint density at radius 2 is 1.72 bits per heavy atom. The highest BCUT2D eigenvalue weighted by Gasteiger charge is 2.36. The minimum Gasteiger partial charge on any atom is -0.390 e. The summed E-state index contributed by atoms with van der Waals surface area (Å²) in [4.78, 5) is 0.190. The molecule has 0 heterocycles. The van der Waals surface area contributed by atoms with Crippen LogP contribution in [0.5, 0.6) is 0 Å². The van der Waals surface area contributed by atoms with E-state index in [4.69, 9.17) is 0 Å². The first-order valence-corrected chi connectivity index (χ1v) is 10.3. The number of sulfonamides is 1. The van der Waals surface area contributed by atoms with Crippen molar-refractivity contribution in [2.45, 2.75) is 24.0 Å². The lowest BCUT2D eigenvalue weighted by atomic mass is 9.89. The molecule has 4 nitrogen and oxygen atoms in total. The quantitative estimate of drug-likeness (QED) is 0.740. The van der Waals surface area contributed by atoms with Crippen molar-refractivity contribution in [3.05, 3.63) is 76.8 Å². The molecule has 1 unspecified atom stereocenters. The Morgan fingerprint density at radius 1 is 1.08 bits per heavy atom. The van der Waals surface area contributed by atoms with Crippen molar-refractivity contribution in [2.24, 2.45) is 11.8 Å². The van der Waals surface area contributed by atoms with Gasteiger partial charge >= 0.3 is 0 Å². The summed E-state index contributed by atoms with van der Waals surface area (Å²) in [6.45, 7) is 1.90. The van der Waals surface area contributed by atoms with E-state index in [2.05, 4.69) is 20.7 Å². The van der Waals surface area contributed by atoms with Crippen LogP contribution in [0.2, 0.25) is 0 Å². The minimum atomic E-state index is -3.75. The Hall–Kier alpha value is -1.47. The molecule has 132 valence electrons. The third kappa shape index (κ3) is 4.03. The molecule has 0 amide bonds. The third-order valence-electron chi connectivity index (χ3n) is 4.44. The Kier molecular flexibility index (Phi) is 5.43. The number of aryl methyl sites for hydroxylation is 1. The van der Waals surface area contributed by atoms with Crippen LogP contribution in [0.15, 0.2) is 76.2 Å². The first-order valence-electron chi connectivity index (χ1n) is 8.04. The lowest BCUT2D eigenvalue weighted by Crippen LogP contribution is -2.49. The molecule has 6 heteroatoms. The number of aliphatic hydroxyl groups is 1. The van der Waals surface area contributed by atoms with Gasteiger partial charge in [-0.3, -0.25) is 0 Å². The van der Waals surface area contributed by atoms with E-state index < -0.39 is 22.2 Å². The van der Waals surface area contributed by atoms with Crippen LogP contribution in [0.4, 0.5) is 0 Å². The maximum absolute atomic E-state index is 12.8. The molecule has 2 N–H and O–H groups in total. The summed E-state index contributed by atoms with van der Waals surface area (Å²) in [5, 5.41) is 10.8. The van der Waals surface area contributed by atoms with Crippen molar-refractivity contribution in [2.75, 3.05) is 0 Å². The molecule has 0 saturated carbocycles. The van der Waals surface area contributed by atoms with Gasteiger partial charge in [0.1, 0.15) is 0 Å². The van der Waals surface area contributed by atoms with Crippen molar-refractivity contribution < 1.29 is 13.5 Å². The molecule has 1 aromatic carbocycles. The first kappa shape index (κ1) is 18.3. The molecular weight excluding hydrogens is 402 g/mol. The summed E-state index contributed by atoms with van der Waals surface area (Å²) < 4.78 is 29.2. The molecule has 0 spiro atoms. The Labute approximate surface area is 156 Å². The van der Waals surface area contributed by atoms with Crippen LogP contribution in [-0.4, -0.2) is 25.7 Å². The van der Waals surface area contributed by atoms with Crippen LogP contribution < -0.4 is 4.72 Å². The molecule has 2 aliphatic carbocycles. The second kappa shape index (κ2) is 7.41. The fourth-order valence-electron chi connectivity index (χ4n) is 3.00. The fourth-order valence-corrected chi connectivity index (χ4v) is 4.86. The number of halogens is 1. The summed E-state index contributed by atoms with van der Waals surface area (Å²) in [5.74, 6) is -0.474. The molecule has 0 fully saturated rings. The molecule has 0 saturated heterocycles. The zero-order valence-corrected chi connectivity index (χ0v) is 16.1. The average molecular weight is 422 g/mol. The zero-order chi connectivity index (χ0) is 18.0. The predicted molar refractivity (Wildman–Crippen MR) is 103 cm³/mol. The van der Waals surface area contributed by atoms with E-state index in [1.807, 2.05) is 49.5 Å². The smallest absolute Gasteiger partial charge is 0.240 e. The van der Waals surface area contributed by atoms with E-state index >= 15 is 0 Å². The minimum absolute atomic E-state index is 0.190. The number of hydrogen-bond acceptors (Lipinski definition) is 3. The fraction of sp³-hybridized carbons (Fsp3) is 0.263. The lowest BCUT2D eigenvalue weighted by molar-refractivity contribution is 0.104. The Morgan fingerprint density at radius 3 is 2.28 bits per heavy atom. The molecule has 1 aromatic rings. The molecule has 25 heavy (non-hydrogen) atoms. The van der Waals surface area contributed by atoms with Crippen molar-refractivity contribution in [1.29, 1.82) is 0 Å². The molecule has 0 aliphatic heterocycles. The lowest BCUT2D eigenvalue weighted by Gasteiger charge is -2.31. The van der Waals surface area contributed by atoms with Gasteiger partial charge in [-0.25, -0.2) is 13.1 Å². The summed E-state index contributed by atoms with van der Waals surface area (Å²) >= 11 is 3.47. The van der Waals surface area contributed by atoms with Gasteiger partial charge in [-0.05, 0) is 19.1 Å². The monoisotopic (exact) mass is 421 g/mol. The van der Waals surface area contributed by atoms with Gasteiger partial charge in [0.15, 0.2) is 0 Å². The van der Waals surface area contributed by atoms with Gasteiger partial charge in [-0.15, -0.1) is 0 Å². The Bertz CT molecular complexity index is 841. The van der Waals surface area contributed by atoms with Gasteiger partial charge < -0.3 is 5.11 Å². The second-order valence-electron chi connectivity index (χ2n) is 6.26. The average Bonchev–Trinajstić information content (AvgIpc) is 3.24. The van der Waals surface area contributed by atoms with E-state index in [9.17, 15) is 13.5 Å². The van der Waals surface area contributed by atoms with Gasteiger partial charge in [0, 0.05) is 16.3 Å². The normalized spacial score (nSPS) is 22.4. The number of hydrogen-bond donors (Lipinski definition) is 2. The van der Waals surface area contributed by atoms with E-state index in [1.54, 1.807) is 24.3 Å². The standard InChI is InChI=1S/C19H20BrNO3S/c1-13-9-11-15(12-10-13)25(23,24)21-18(16-7-4-8-17(16)20)19(22)14-5-2-3-6-14/h2-12,14,16,18-19,21-22H,1H3/t16?,18-,19+/m0/s1. The predicted octanol–water partition coefficient (Wildman–Crippen LogP) is 3.21. The first-order chi connectivity index (χ1) is 11.9. The topological polar surface area (TPSA) is 66.4 Å². The summed E-state index contributed by atoms with van der Waals surface area (Å²) in [7, 11) is -3.75. The number of nitrogens with one attached hydrogen (secondary N) is 1. The van der Waals surface area contributed by atoms with Gasteiger partial charge in [0.2, 0.25) is 10.0 Å². The highest BCUT2D eigenvalue weighted by atomic mass is 79.9. The summed E-state index contributed by atoms with van der Waals surface area (Å²) in [5.41, 5.74) is 0.987. The van der Waals surface area contributed by atoms with Crippen molar-refractivity contribution in [1.82, 2.24) is 4.72 Å². The number of allylic oxidation sites excluding steroid dienone is 4. The second-order valence-corrected chi connectivity index (χ2v) is 8.89. The van der Waals surface area contributed by atoms with E-state index in [0.717, 1.165) is 10.0 Å². The zero-order valence-electron chi connectivity index (χ0n) is 13.7. The maximum atomic E-state index is 12.8. The molecule has 2 aliphatic rings. The van der Waals surface area contributed by atoms with Gasteiger partial charge in [-0.1, -0.05) is 76.2 Å². The molecule has 0 bridgehead atoms. The van der Waals surface area contributed by atoms with E-state index in [-0.39, 0.29) is 16.7 Å². The molecule has 0 radical (unpaired) electrons. The Balaban J connectivity index is 1.90. The van der Waals surface area contributed by atoms with Gasteiger partial charge in [0.05, 0.1) is 17.0 Å². The van der Waals surface area contributed by atoms with Crippen LogP contribution >= 0.6 is 15.9 Å². The molecule has 0 aromatic heterocycles. The van der Waals surface area contributed by atoms with Gasteiger partial charge in [-0.2, -0.15) is 0 Å². The van der Waals surface area contributed by atoms with Crippen molar-refractivity contribution in [3.8, 4) is 0 Å². The maximum Gasteiger partial charge on any atom is 0.240 e. The molecule has 3 rings (SSSR count). The van der Waals surface area contributed by atoms with Crippen molar-refractivity contribution in [3.63, 3.8) is 0 Å². The largest absolute Gasteiger partial charge is 0.390 e. The highest BCUT2D eigenvalue weighted by molar-refractivity contribution is 9.11. The number of aliphatic hydroxyl groups excluding tert-OH is 1. The molecular formula is C19H20BrNO3S. The SMILES string of the molecule is Cc1ccc(S(=O)(=O)N[C@@H](C2C=CC=C2Br)[C@H](O)C2C=CC=C2)cc1. The third-order valence-corrected chi connectivity index (χ3v) is 6.71.